The molecule has 0 saturated heterocycles. The fraction of sp³-hybridized carbons (Fsp3) is 0.875. The zero-order valence-corrected chi connectivity index (χ0v) is 11.3. The van der Waals surface area contributed by atoms with Crippen molar-refractivity contribution in [2.45, 2.75) is 46.7 Å². The van der Waals surface area contributed by atoms with E-state index in [0.29, 0.717) is 12.1 Å². The molecule has 0 unspecified atom stereocenters. The number of hydrogen-bond donors (Lipinski definition) is 0. The van der Waals surface area contributed by atoms with Crippen LogP contribution in [0.25, 0.3) is 0 Å². The second-order valence-electron chi connectivity index (χ2n) is 2.89. The molecule has 0 amide bonds. The molecule has 0 aromatic rings. The van der Waals surface area contributed by atoms with Gasteiger partial charge in [-0.25, -0.2) is 0 Å². The van der Waals surface area contributed by atoms with Crippen molar-refractivity contribution in [3.05, 3.63) is 6.54 Å². The van der Waals surface area contributed by atoms with Crippen molar-refractivity contribution < 1.29 is 51.4 Å². The van der Waals surface area contributed by atoms with E-state index in [2.05, 4.69) is 46.1 Å². The molecule has 0 heterocycles. The summed E-state index contributed by atoms with van der Waals surface area (Å²) in [6.07, 6.45) is 0. The molecule has 0 aliphatic carbocycles. The molecule has 0 aliphatic rings. The summed E-state index contributed by atoms with van der Waals surface area (Å²) < 4.78 is 0. The van der Waals surface area contributed by atoms with Crippen LogP contribution in [0.5, 0.6) is 0 Å². The molecule has 0 N–H and O–H groups in total. The molecule has 0 radical (unpaired) electrons. The van der Waals surface area contributed by atoms with Gasteiger partial charge in [0.25, 0.3) is 0 Å². The Bertz CT molecular complexity index is 63.7. The largest absolute Gasteiger partial charge is 1.00 e. The summed E-state index contributed by atoms with van der Waals surface area (Å²) in [7, 11) is 0. The van der Waals surface area contributed by atoms with Crippen molar-refractivity contribution in [3.8, 4) is 0 Å². The average molecular weight is 167 g/mol. The monoisotopic (exact) mass is 167 g/mol. The van der Waals surface area contributed by atoms with Gasteiger partial charge in [0.2, 0.25) is 0 Å². The second kappa shape index (κ2) is 7.26. The smallest absolute Gasteiger partial charge is 0.452 e. The van der Waals surface area contributed by atoms with Gasteiger partial charge in [-0.3, -0.25) is 6.54 Å². The summed E-state index contributed by atoms with van der Waals surface area (Å²) in [4.78, 5) is 2.33. The second-order valence-corrected chi connectivity index (χ2v) is 2.89. The van der Waals surface area contributed by atoms with Gasteiger partial charge in [-0.15, -0.1) is 0 Å². The first-order valence-corrected chi connectivity index (χ1v) is 3.66. The molecule has 2 heteroatoms. The van der Waals surface area contributed by atoms with Crippen LogP contribution in [0.4, 0.5) is 0 Å². The predicted octanol–water partition coefficient (Wildman–Crippen LogP) is -0.709. The first kappa shape index (κ1) is 14.1. The quantitative estimate of drug-likeness (QED) is 0.396. The molecular weight excluding hydrogens is 149 g/mol. The molecule has 0 spiro atoms. The van der Waals surface area contributed by atoms with Gasteiger partial charge in [0.05, 0.1) is 0 Å². The molecule has 0 bridgehead atoms. The fourth-order valence-corrected chi connectivity index (χ4v) is 1.19. The van der Waals surface area contributed by atoms with E-state index >= 15 is 0 Å². The fourth-order valence-electron chi connectivity index (χ4n) is 1.19. The molecule has 0 rings (SSSR count). The van der Waals surface area contributed by atoms with Crippen LogP contribution < -0.4 is 51.4 Å². The van der Waals surface area contributed by atoms with Gasteiger partial charge in [-0.2, -0.15) is 6.92 Å². The van der Waals surface area contributed by atoms with Crippen LogP contribution in [0, 0.1) is 6.54 Å². The van der Waals surface area contributed by atoms with Gasteiger partial charge in [-0.1, -0.05) is 27.7 Å². The van der Waals surface area contributed by atoms with Crippen LogP contribution in [0.1, 0.15) is 34.6 Å². The standard InChI is InChI=1S/C8H18N.K/c1-6-9(7(2)3)8(4)5;/h6-8H,1-5H3;/q-1;+1. The van der Waals surface area contributed by atoms with Gasteiger partial charge in [0.15, 0.2) is 0 Å². The van der Waals surface area contributed by atoms with Crippen LogP contribution in [0.15, 0.2) is 0 Å². The zero-order valence-electron chi connectivity index (χ0n) is 8.18. The van der Waals surface area contributed by atoms with E-state index in [0.717, 1.165) is 0 Å². The van der Waals surface area contributed by atoms with E-state index in [9.17, 15) is 0 Å². The van der Waals surface area contributed by atoms with Crippen LogP contribution in [0.3, 0.4) is 0 Å². The maximum Gasteiger partial charge on any atom is 1.00 e. The molecule has 1 nitrogen and oxygen atoms in total. The van der Waals surface area contributed by atoms with Crippen LogP contribution in [0.2, 0.25) is 0 Å². The zero-order chi connectivity index (χ0) is 7.44. The third kappa shape index (κ3) is 5.27. The Morgan fingerprint density at radius 2 is 1.30 bits per heavy atom. The summed E-state index contributed by atoms with van der Waals surface area (Å²) in [5.74, 6) is 0. The first-order valence-electron chi connectivity index (χ1n) is 3.66. The molecule has 0 aromatic carbocycles. The Kier molecular flexibility index (Phi) is 10.3. The van der Waals surface area contributed by atoms with Crippen molar-refractivity contribution in [1.29, 1.82) is 0 Å². The predicted molar refractivity (Wildman–Crippen MR) is 42.1 cm³/mol. The Morgan fingerprint density at radius 1 is 1.00 bits per heavy atom. The van der Waals surface area contributed by atoms with Crippen molar-refractivity contribution >= 4 is 0 Å². The van der Waals surface area contributed by atoms with E-state index < -0.39 is 0 Å². The summed E-state index contributed by atoms with van der Waals surface area (Å²) in [5.41, 5.74) is 0. The number of hydrogen-bond acceptors (Lipinski definition) is 1. The molecular formula is C8H18KN. The molecule has 0 aromatic heterocycles. The van der Waals surface area contributed by atoms with E-state index in [4.69, 9.17) is 0 Å². The Morgan fingerprint density at radius 3 is 1.30 bits per heavy atom. The van der Waals surface area contributed by atoms with Crippen molar-refractivity contribution in [2.75, 3.05) is 0 Å². The Hall–Kier alpha value is 1.60. The van der Waals surface area contributed by atoms with E-state index in [1.165, 1.54) is 0 Å². The van der Waals surface area contributed by atoms with Crippen LogP contribution in [-0.4, -0.2) is 17.0 Å². The topological polar surface area (TPSA) is 3.24 Å². The number of rotatable bonds is 3. The minimum atomic E-state index is 0. The Labute approximate surface area is 108 Å². The van der Waals surface area contributed by atoms with Gasteiger partial charge < -0.3 is 4.90 Å². The molecule has 0 atom stereocenters. The van der Waals surface area contributed by atoms with Crippen molar-refractivity contribution in [1.82, 2.24) is 4.90 Å². The first-order chi connectivity index (χ1) is 4.09. The normalized spacial score (nSPS) is 10.8. The van der Waals surface area contributed by atoms with E-state index in [1.807, 2.05) is 0 Å². The minimum absolute atomic E-state index is 0. The maximum atomic E-state index is 2.33. The van der Waals surface area contributed by atoms with Gasteiger partial charge in [-0.05, 0) is 12.1 Å². The molecule has 0 fully saturated rings. The maximum absolute atomic E-state index is 2.33. The third-order valence-corrected chi connectivity index (χ3v) is 1.49. The molecule has 0 aliphatic heterocycles. The summed E-state index contributed by atoms with van der Waals surface area (Å²) in [5, 5.41) is 0. The Balaban J connectivity index is 0. The van der Waals surface area contributed by atoms with Crippen LogP contribution in [-0.2, 0) is 0 Å². The summed E-state index contributed by atoms with van der Waals surface area (Å²) in [6.45, 7) is 13.1. The van der Waals surface area contributed by atoms with Gasteiger partial charge in [0.1, 0.15) is 0 Å². The van der Waals surface area contributed by atoms with E-state index in [-0.39, 0.29) is 51.4 Å². The molecule has 0 saturated carbocycles. The van der Waals surface area contributed by atoms with E-state index in [1.54, 1.807) is 0 Å². The average Bonchev–Trinajstić information content (AvgIpc) is 1.64. The summed E-state index contributed by atoms with van der Waals surface area (Å²) >= 11 is 0. The van der Waals surface area contributed by atoms with Crippen molar-refractivity contribution in [3.63, 3.8) is 0 Å². The molecule has 10 heavy (non-hydrogen) atoms. The van der Waals surface area contributed by atoms with Gasteiger partial charge >= 0.3 is 51.4 Å². The SMILES string of the molecule is C[CH-]N(C(C)C)C(C)C.[K+]. The minimum Gasteiger partial charge on any atom is -0.452 e. The number of nitrogens with zero attached hydrogens (tertiary/aromatic N) is 1. The molecule has 56 valence electrons. The summed E-state index contributed by atoms with van der Waals surface area (Å²) in [6, 6.07) is 1.27. The van der Waals surface area contributed by atoms with Gasteiger partial charge in [0, 0.05) is 0 Å². The van der Waals surface area contributed by atoms with Crippen molar-refractivity contribution in [2.24, 2.45) is 0 Å². The van der Waals surface area contributed by atoms with Crippen LogP contribution >= 0.6 is 0 Å². The third-order valence-electron chi connectivity index (χ3n) is 1.49.